The van der Waals surface area contributed by atoms with Gasteiger partial charge in [0.1, 0.15) is 17.6 Å². The van der Waals surface area contributed by atoms with E-state index in [9.17, 15) is 24.3 Å². The average molecular weight is 471 g/mol. The molecule has 34 heavy (non-hydrogen) atoms. The summed E-state index contributed by atoms with van der Waals surface area (Å²) in [5.74, 6) is -3.68. The first-order valence-corrected chi connectivity index (χ1v) is 11.1. The van der Waals surface area contributed by atoms with E-state index in [1.54, 1.807) is 60.7 Å². The van der Waals surface area contributed by atoms with Crippen molar-refractivity contribution in [1.29, 1.82) is 0 Å². The van der Waals surface area contributed by atoms with Crippen molar-refractivity contribution in [2.24, 2.45) is 5.41 Å². The molecule has 0 aromatic heterocycles. The number of carbonyl (C=O) groups excluding carboxylic acids is 2. The highest BCUT2D eigenvalue weighted by Crippen LogP contribution is 2.37. The number of carbonyl (C=O) groups is 4. The highest BCUT2D eigenvalue weighted by molar-refractivity contribution is 5.79. The number of hydrogen-bond donors (Lipinski definition) is 2. The van der Waals surface area contributed by atoms with Crippen LogP contribution in [0.2, 0.25) is 0 Å². The summed E-state index contributed by atoms with van der Waals surface area (Å²) in [5, 5.41) is 19.2. The molecule has 0 saturated carbocycles. The molecule has 0 aliphatic carbocycles. The largest absolute Gasteiger partial charge is 0.481 e. The van der Waals surface area contributed by atoms with Gasteiger partial charge in [-0.15, -0.1) is 0 Å². The van der Waals surface area contributed by atoms with Crippen LogP contribution in [0.5, 0.6) is 0 Å². The molecule has 2 aromatic rings. The Hall–Kier alpha value is -3.68. The van der Waals surface area contributed by atoms with E-state index in [-0.39, 0.29) is 32.1 Å². The Labute approximate surface area is 198 Å². The quantitative estimate of drug-likeness (QED) is 0.425. The molecule has 0 amide bonds. The van der Waals surface area contributed by atoms with Crippen LogP contribution in [0.3, 0.4) is 0 Å². The zero-order chi connectivity index (χ0) is 25.1. The van der Waals surface area contributed by atoms with Crippen molar-refractivity contribution < 1.29 is 38.9 Å². The molecule has 2 rings (SSSR count). The number of ether oxygens (including phenoxy) is 2. The highest BCUT2D eigenvalue weighted by atomic mass is 16.6. The van der Waals surface area contributed by atoms with Crippen molar-refractivity contribution >= 4 is 23.9 Å². The van der Waals surface area contributed by atoms with E-state index in [0.29, 0.717) is 11.1 Å². The summed E-state index contributed by atoms with van der Waals surface area (Å²) in [6.45, 7) is 2.86. The molecule has 8 heteroatoms. The third-order valence-electron chi connectivity index (χ3n) is 5.83. The van der Waals surface area contributed by atoms with Gasteiger partial charge in [-0.25, -0.2) is 0 Å². The minimum absolute atomic E-state index is 0.00276. The van der Waals surface area contributed by atoms with Crippen LogP contribution < -0.4 is 0 Å². The molecule has 0 bridgehead atoms. The number of esters is 2. The van der Waals surface area contributed by atoms with E-state index in [4.69, 9.17) is 14.6 Å². The summed E-state index contributed by atoms with van der Waals surface area (Å²) < 4.78 is 11.0. The molecule has 0 aliphatic rings. The molecule has 0 saturated heterocycles. The molecule has 2 unspecified atom stereocenters. The van der Waals surface area contributed by atoms with Crippen LogP contribution in [0.15, 0.2) is 60.7 Å². The van der Waals surface area contributed by atoms with Gasteiger partial charge in [0.25, 0.3) is 0 Å². The first kappa shape index (κ1) is 26.6. The van der Waals surface area contributed by atoms with Crippen molar-refractivity contribution in [1.82, 2.24) is 0 Å². The second kappa shape index (κ2) is 12.5. The summed E-state index contributed by atoms with van der Waals surface area (Å²) in [4.78, 5) is 48.7. The SMILES string of the molecule is CC(OC(=O)Cc1ccccc1)C(CCCC(=O)O)(C(=O)O)C(C)OC(=O)Cc1ccccc1. The van der Waals surface area contributed by atoms with Crippen molar-refractivity contribution in [2.75, 3.05) is 0 Å². The average Bonchev–Trinajstić information content (AvgIpc) is 2.77. The fourth-order valence-corrected chi connectivity index (χ4v) is 3.94. The minimum Gasteiger partial charge on any atom is -0.481 e. The summed E-state index contributed by atoms with van der Waals surface area (Å²) >= 11 is 0. The zero-order valence-corrected chi connectivity index (χ0v) is 19.3. The third-order valence-corrected chi connectivity index (χ3v) is 5.83. The van der Waals surface area contributed by atoms with E-state index in [2.05, 4.69) is 0 Å². The zero-order valence-electron chi connectivity index (χ0n) is 19.3. The maximum Gasteiger partial charge on any atom is 0.317 e. The van der Waals surface area contributed by atoms with E-state index in [1.807, 2.05) is 0 Å². The lowest BCUT2D eigenvalue weighted by atomic mass is 9.73. The Morgan fingerprint density at radius 3 is 1.53 bits per heavy atom. The lowest BCUT2D eigenvalue weighted by Gasteiger charge is -2.38. The van der Waals surface area contributed by atoms with Crippen LogP contribution in [0.1, 0.15) is 44.2 Å². The van der Waals surface area contributed by atoms with Gasteiger partial charge >= 0.3 is 23.9 Å². The summed E-state index contributed by atoms with van der Waals surface area (Å²) in [5.41, 5.74) is -0.420. The lowest BCUT2D eigenvalue weighted by Crippen LogP contribution is -2.52. The molecular weight excluding hydrogens is 440 g/mol. The minimum atomic E-state index is -1.83. The molecule has 0 heterocycles. The molecule has 2 N–H and O–H groups in total. The Morgan fingerprint density at radius 2 is 1.18 bits per heavy atom. The molecule has 8 nitrogen and oxygen atoms in total. The van der Waals surface area contributed by atoms with Crippen LogP contribution in [-0.2, 0) is 41.5 Å². The number of carboxylic acid groups (broad SMARTS) is 2. The van der Waals surface area contributed by atoms with Crippen LogP contribution in [0, 0.1) is 5.41 Å². The predicted molar refractivity (Wildman–Crippen MR) is 123 cm³/mol. The molecule has 0 aliphatic heterocycles. The van der Waals surface area contributed by atoms with Gasteiger partial charge in [0.15, 0.2) is 0 Å². The molecule has 182 valence electrons. The molecule has 0 fully saturated rings. The van der Waals surface area contributed by atoms with Gasteiger partial charge in [-0.2, -0.15) is 0 Å². The second-order valence-corrected chi connectivity index (χ2v) is 8.18. The highest BCUT2D eigenvalue weighted by Gasteiger charge is 2.52. The van der Waals surface area contributed by atoms with Gasteiger partial charge in [0.05, 0.1) is 12.8 Å². The standard InChI is InChI=1S/C26H30O8/c1-18(33-23(29)16-20-10-5-3-6-11-20)26(25(31)32,15-9-14-22(27)28)19(2)34-24(30)17-21-12-7-4-8-13-21/h3-8,10-13,18-19H,9,14-17H2,1-2H3,(H,27,28)(H,31,32). The summed E-state index contributed by atoms with van der Waals surface area (Å²) in [6, 6.07) is 17.7. The first-order valence-electron chi connectivity index (χ1n) is 11.1. The van der Waals surface area contributed by atoms with Gasteiger partial charge in [-0.1, -0.05) is 60.7 Å². The van der Waals surface area contributed by atoms with E-state index >= 15 is 0 Å². The molecule has 0 spiro atoms. The molecule has 0 radical (unpaired) electrons. The topological polar surface area (TPSA) is 127 Å². The summed E-state index contributed by atoms with van der Waals surface area (Å²) in [6.07, 6.45) is -2.92. The van der Waals surface area contributed by atoms with Gasteiger partial charge in [-0.05, 0) is 37.8 Å². The lowest BCUT2D eigenvalue weighted by molar-refractivity contribution is -0.186. The maximum atomic E-state index is 12.5. The maximum absolute atomic E-state index is 12.5. The number of carboxylic acids is 2. The monoisotopic (exact) mass is 470 g/mol. The Morgan fingerprint density at radius 1 is 0.765 bits per heavy atom. The van der Waals surface area contributed by atoms with Crippen molar-refractivity contribution in [3.05, 3.63) is 71.8 Å². The third kappa shape index (κ3) is 7.43. The van der Waals surface area contributed by atoms with Crippen LogP contribution in [-0.4, -0.2) is 46.3 Å². The van der Waals surface area contributed by atoms with Crippen LogP contribution in [0.25, 0.3) is 0 Å². The van der Waals surface area contributed by atoms with Crippen molar-refractivity contribution in [3.8, 4) is 0 Å². The van der Waals surface area contributed by atoms with E-state index < -0.39 is 41.5 Å². The number of rotatable bonds is 13. The molecule has 2 aromatic carbocycles. The second-order valence-electron chi connectivity index (χ2n) is 8.18. The van der Waals surface area contributed by atoms with Gasteiger partial charge in [-0.3, -0.25) is 19.2 Å². The Bertz CT molecular complexity index is 909. The van der Waals surface area contributed by atoms with Gasteiger partial charge in [0.2, 0.25) is 0 Å². The van der Waals surface area contributed by atoms with Gasteiger partial charge in [0, 0.05) is 6.42 Å². The van der Waals surface area contributed by atoms with Gasteiger partial charge < -0.3 is 19.7 Å². The number of benzene rings is 2. The van der Waals surface area contributed by atoms with Crippen LogP contribution >= 0.6 is 0 Å². The van der Waals surface area contributed by atoms with E-state index in [0.717, 1.165) is 0 Å². The smallest absolute Gasteiger partial charge is 0.317 e. The van der Waals surface area contributed by atoms with Crippen molar-refractivity contribution in [3.63, 3.8) is 0 Å². The normalized spacial score (nSPS) is 14.3. The predicted octanol–water partition coefficient (Wildman–Crippen LogP) is 3.66. The van der Waals surface area contributed by atoms with Crippen molar-refractivity contribution in [2.45, 2.75) is 58.2 Å². The van der Waals surface area contributed by atoms with Crippen LogP contribution in [0.4, 0.5) is 0 Å². The fraction of sp³-hybridized carbons (Fsp3) is 0.385. The summed E-state index contributed by atoms with van der Waals surface area (Å²) in [7, 11) is 0. The number of aliphatic carboxylic acids is 2. The molecule has 2 atom stereocenters. The number of hydrogen-bond acceptors (Lipinski definition) is 6. The van der Waals surface area contributed by atoms with E-state index in [1.165, 1.54) is 13.8 Å². The first-order chi connectivity index (χ1) is 16.1. The molecular formula is C26H30O8. The Balaban J connectivity index is 2.21. The Kier molecular flexibility index (Phi) is 9.79. The fourth-order valence-electron chi connectivity index (χ4n) is 3.94.